The number of aromatic nitrogens is 1. The first kappa shape index (κ1) is 11.2. The molecule has 0 aliphatic carbocycles. The summed E-state index contributed by atoms with van der Waals surface area (Å²) in [6, 6.07) is 14.7. The van der Waals surface area contributed by atoms with E-state index < -0.39 is 0 Å². The molecular weight excluding hydrogens is 240 g/mol. The van der Waals surface area contributed by atoms with E-state index in [-0.39, 0.29) is 0 Å². The molecular formula is C15H14N2S. The third kappa shape index (κ3) is 1.87. The Morgan fingerprint density at radius 2 is 1.94 bits per heavy atom. The molecule has 2 aromatic carbocycles. The standard InChI is InChI=1S/C15H14N2S/c1-10-7-8-14-13(9-10)17-15(18-14)11-5-3-4-6-12(11)16-2/h3-9,16H,1-2H3. The van der Waals surface area contributed by atoms with Gasteiger partial charge in [-0.15, -0.1) is 11.3 Å². The number of fused-ring (bicyclic) bond motifs is 1. The quantitative estimate of drug-likeness (QED) is 0.737. The van der Waals surface area contributed by atoms with Crippen molar-refractivity contribution in [1.29, 1.82) is 0 Å². The minimum atomic E-state index is 1.07. The van der Waals surface area contributed by atoms with Crippen molar-refractivity contribution in [1.82, 2.24) is 4.98 Å². The molecule has 3 aromatic rings. The van der Waals surface area contributed by atoms with Gasteiger partial charge in [-0.3, -0.25) is 0 Å². The second kappa shape index (κ2) is 4.42. The van der Waals surface area contributed by atoms with Gasteiger partial charge >= 0.3 is 0 Å². The van der Waals surface area contributed by atoms with Crippen LogP contribution < -0.4 is 5.32 Å². The molecule has 3 rings (SSSR count). The molecule has 0 fully saturated rings. The van der Waals surface area contributed by atoms with Gasteiger partial charge in [0.2, 0.25) is 0 Å². The maximum atomic E-state index is 4.73. The van der Waals surface area contributed by atoms with Gasteiger partial charge in [-0.1, -0.05) is 18.2 Å². The van der Waals surface area contributed by atoms with Gasteiger partial charge in [-0.05, 0) is 36.8 Å². The van der Waals surface area contributed by atoms with E-state index in [0.717, 1.165) is 16.2 Å². The number of benzene rings is 2. The molecule has 2 nitrogen and oxygen atoms in total. The summed E-state index contributed by atoms with van der Waals surface area (Å²) >= 11 is 1.74. The highest BCUT2D eigenvalue weighted by Gasteiger charge is 2.09. The number of rotatable bonds is 2. The topological polar surface area (TPSA) is 24.9 Å². The van der Waals surface area contributed by atoms with Crippen molar-refractivity contribution in [3.63, 3.8) is 0 Å². The van der Waals surface area contributed by atoms with Crippen LogP contribution in [-0.2, 0) is 0 Å². The summed E-state index contributed by atoms with van der Waals surface area (Å²) < 4.78 is 1.24. The molecule has 0 bridgehead atoms. The summed E-state index contributed by atoms with van der Waals surface area (Å²) in [5.74, 6) is 0. The highest BCUT2D eigenvalue weighted by molar-refractivity contribution is 7.21. The second-order valence-electron chi connectivity index (χ2n) is 4.29. The maximum absolute atomic E-state index is 4.73. The number of nitrogens with one attached hydrogen (secondary N) is 1. The molecule has 0 amide bonds. The van der Waals surface area contributed by atoms with E-state index in [4.69, 9.17) is 4.98 Å². The van der Waals surface area contributed by atoms with Gasteiger partial charge in [0.25, 0.3) is 0 Å². The largest absolute Gasteiger partial charge is 0.388 e. The zero-order valence-electron chi connectivity index (χ0n) is 10.4. The van der Waals surface area contributed by atoms with Crippen molar-refractivity contribution in [3.8, 4) is 10.6 Å². The number of hydrogen-bond donors (Lipinski definition) is 1. The van der Waals surface area contributed by atoms with Crippen LogP contribution in [0.15, 0.2) is 42.5 Å². The number of nitrogens with zero attached hydrogens (tertiary/aromatic N) is 1. The fourth-order valence-corrected chi connectivity index (χ4v) is 3.03. The lowest BCUT2D eigenvalue weighted by Crippen LogP contribution is -1.90. The van der Waals surface area contributed by atoms with Gasteiger partial charge in [0.05, 0.1) is 10.2 Å². The van der Waals surface area contributed by atoms with Crippen molar-refractivity contribution in [2.24, 2.45) is 0 Å². The van der Waals surface area contributed by atoms with Crippen molar-refractivity contribution in [3.05, 3.63) is 48.0 Å². The maximum Gasteiger partial charge on any atom is 0.126 e. The molecule has 0 saturated carbocycles. The summed E-state index contributed by atoms with van der Waals surface area (Å²) in [6.45, 7) is 2.10. The van der Waals surface area contributed by atoms with Crippen LogP contribution in [0.5, 0.6) is 0 Å². The summed E-state index contributed by atoms with van der Waals surface area (Å²) in [7, 11) is 1.94. The molecule has 90 valence electrons. The molecule has 1 aromatic heterocycles. The minimum Gasteiger partial charge on any atom is -0.388 e. The third-order valence-electron chi connectivity index (χ3n) is 2.97. The smallest absolute Gasteiger partial charge is 0.126 e. The number of hydrogen-bond acceptors (Lipinski definition) is 3. The molecule has 0 unspecified atom stereocenters. The first-order valence-corrected chi connectivity index (χ1v) is 6.74. The highest BCUT2D eigenvalue weighted by Crippen LogP contribution is 2.34. The van der Waals surface area contributed by atoms with Crippen molar-refractivity contribution >= 4 is 27.2 Å². The monoisotopic (exact) mass is 254 g/mol. The van der Waals surface area contributed by atoms with E-state index in [1.54, 1.807) is 11.3 Å². The lowest BCUT2D eigenvalue weighted by molar-refractivity contribution is 1.43. The molecule has 3 heteroatoms. The number of para-hydroxylation sites is 1. The van der Waals surface area contributed by atoms with Crippen LogP contribution in [0.3, 0.4) is 0 Å². The Bertz CT molecular complexity index is 701. The Hall–Kier alpha value is -1.87. The Morgan fingerprint density at radius 3 is 2.78 bits per heavy atom. The predicted molar refractivity (Wildman–Crippen MR) is 79.3 cm³/mol. The van der Waals surface area contributed by atoms with Crippen molar-refractivity contribution < 1.29 is 0 Å². The average Bonchev–Trinajstić information content (AvgIpc) is 2.81. The van der Waals surface area contributed by atoms with E-state index >= 15 is 0 Å². The van der Waals surface area contributed by atoms with Gasteiger partial charge < -0.3 is 5.32 Å². The van der Waals surface area contributed by atoms with Crippen molar-refractivity contribution in [2.45, 2.75) is 6.92 Å². The van der Waals surface area contributed by atoms with Crippen LogP contribution >= 0.6 is 11.3 Å². The number of anilines is 1. The van der Waals surface area contributed by atoms with E-state index in [2.05, 4.69) is 42.6 Å². The van der Waals surface area contributed by atoms with Gasteiger partial charge in [0, 0.05) is 18.3 Å². The SMILES string of the molecule is CNc1ccccc1-c1nc2cc(C)ccc2s1. The van der Waals surface area contributed by atoms with Crippen LogP contribution in [0.25, 0.3) is 20.8 Å². The number of aryl methyl sites for hydroxylation is 1. The average molecular weight is 254 g/mol. The van der Waals surface area contributed by atoms with Crippen LogP contribution in [0.4, 0.5) is 5.69 Å². The van der Waals surface area contributed by atoms with E-state index in [1.165, 1.54) is 15.8 Å². The normalized spacial score (nSPS) is 10.8. The third-order valence-corrected chi connectivity index (χ3v) is 4.04. The molecule has 0 saturated heterocycles. The summed E-state index contributed by atoms with van der Waals surface area (Å²) in [5.41, 5.74) is 4.62. The molecule has 18 heavy (non-hydrogen) atoms. The molecule has 0 atom stereocenters. The van der Waals surface area contributed by atoms with Crippen LogP contribution in [0, 0.1) is 6.92 Å². The van der Waals surface area contributed by atoms with E-state index in [0.29, 0.717) is 0 Å². The first-order valence-electron chi connectivity index (χ1n) is 5.92. The molecule has 1 N–H and O–H groups in total. The van der Waals surface area contributed by atoms with Crippen molar-refractivity contribution in [2.75, 3.05) is 12.4 Å². The van der Waals surface area contributed by atoms with Crippen LogP contribution in [0.2, 0.25) is 0 Å². The fraction of sp³-hybridized carbons (Fsp3) is 0.133. The van der Waals surface area contributed by atoms with E-state index in [1.807, 2.05) is 19.2 Å². The van der Waals surface area contributed by atoms with Gasteiger partial charge in [-0.2, -0.15) is 0 Å². The molecule has 0 spiro atoms. The Morgan fingerprint density at radius 1 is 1.11 bits per heavy atom. The Kier molecular flexibility index (Phi) is 2.76. The summed E-state index contributed by atoms with van der Waals surface area (Å²) in [4.78, 5) is 4.73. The predicted octanol–water partition coefficient (Wildman–Crippen LogP) is 4.31. The lowest BCUT2D eigenvalue weighted by Gasteiger charge is -2.04. The lowest BCUT2D eigenvalue weighted by atomic mass is 10.2. The second-order valence-corrected chi connectivity index (χ2v) is 5.32. The van der Waals surface area contributed by atoms with Gasteiger partial charge in [-0.25, -0.2) is 4.98 Å². The molecule has 1 heterocycles. The first-order chi connectivity index (χ1) is 8.78. The molecule has 0 aliphatic heterocycles. The summed E-state index contributed by atoms with van der Waals surface area (Å²) in [6.07, 6.45) is 0. The van der Waals surface area contributed by atoms with Gasteiger partial charge in [0.15, 0.2) is 0 Å². The van der Waals surface area contributed by atoms with Gasteiger partial charge in [0.1, 0.15) is 5.01 Å². The Labute approximate surface area is 110 Å². The molecule has 0 radical (unpaired) electrons. The zero-order chi connectivity index (χ0) is 12.5. The van der Waals surface area contributed by atoms with Crippen LogP contribution in [0.1, 0.15) is 5.56 Å². The minimum absolute atomic E-state index is 1.07. The van der Waals surface area contributed by atoms with Crippen LogP contribution in [-0.4, -0.2) is 12.0 Å². The zero-order valence-corrected chi connectivity index (χ0v) is 11.2. The van der Waals surface area contributed by atoms with E-state index in [9.17, 15) is 0 Å². The Balaban J connectivity index is 2.19. The fourth-order valence-electron chi connectivity index (χ4n) is 2.04. The molecule has 0 aliphatic rings. The highest BCUT2D eigenvalue weighted by atomic mass is 32.1. The number of thiazole rings is 1. The summed E-state index contributed by atoms with van der Waals surface area (Å²) in [5, 5.41) is 4.29.